The Morgan fingerprint density at radius 3 is 2.48 bits per heavy atom. The molecule has 0 fully saturated rings. The zero-order valence-electron chi connectivity index (χ0n) is 13.7. The Kier molecular flexibility index (Phi) is 4.55. The minimum Gasteiger partial charge on any atom is -0.266 e. The number of halogens is 2. The molecule has 4 aromatic rings. The minimum absolute atomic E-state index is 0.179. The molecule has 0 saturated carbocycles. The van der Waals surface area contributed by atoms with Crippen molar-refractivity contribution < 1.29 is 4.39 Å². The van der Waals surface area contributed by atoms with Crippen molar-refractivity contribution in [2.45, 2.75) is 6.42 Å². The van der Waals surface area contributed by atoms with Gasteiger partial charge >= 0.3 is 0 Å². The van der Waals surface area contributed by atoms with Crippen molar-refractivity contribution in [1.29, 1.82) is 0 Å². The van der Waals surface area contributed by atoms with Crippen molar-refractivity contribution in [3.8, 4) is 0 Å². The van der Waals surface area contributed by atoms with Gasteiger partial charge in [-0.2, -0.15) is 14.6 Å². The fraction of sp³-hybridized carbons (Fsp3) is 0.0526. The predicted molar refractivity (Wildman–Crippen MR) is 103 cm³/mol. The number of benzene rings is 2. The number of hydrogen-bond donors (Lipinski definition) is 0. The van der Waals surface area contributed by atoms with Crippen LogP contribution < -0.4 is 15.7 Å². The van der Waals surface area contributed by atoms with E-state index in [0.717, 1.165) is 21.4 Å². The van der Waals surface area contributed by atoms with Crippen LogP contribution in [0.4, 0.5) is 4.39 Å². The van der Waals surface area contributed by atoms with Crippen molar-refractivity contribution in [3.05, 3.63) is 101 Å². The maximum Gasteiger partial charge on any atom is 0.296 e. The van der Waals surface area contributed by atoms with Crippen LogP contribution >= 0.6 is 22.9 Å². The number of nitrogens with zero attached hydrogens (tertiary/aromatic N) is 3. The number of hydrogen-bond acceptors (Lipinski definition) is 5. The highest BCUT2D eigenvalue weighted by atomic mass is 35.5. The first-order valence-corrected chi connectivity index (χ1v) is 9.13. The van der Waals surface area contributed by atoms with E-state index < -0.39 is 5.56 Å². The normalized spacial score (nSPS) is 12.0. The van der Waals surface area contributed by atoms with E-state index in [0.29, 0.717) is 15.1 Å². The molecule has 2 aromatic heterocycles. The van der Waals surface area contributed by atoms with Crippen molar-refractivity contribution >= 4 is 34.0 Å². The SMILES string of the molecule is O=c1nc2s/c(=C\c3ccc(F)cc3)c(=O)n2nc1Cc1ccc(Cl)cc1. The Balaban J connectivity index is 1.79. The molecule has 8 heteroatoms. The van der Waals surface area contributed by atoms with E-state index in [1.165, 1.54) is 12.1 Å². The van der Waals surface area contributed by atoms with Gasteiger partial charge in [-0.25, -0.2) is 4.39 Å². The maximum atomic E-state index is 13.0. The standard InChI is InChI=1S/C19H11ClFN3O2S/c20-13-5-1-11(2-6-13)9-15-17(25)22-19-24(23-15)18(26)16(27-19)10-12-3-7-14(21)8-4-12/h1-8,10H,9H2/b16-10-. The summed E-state index contributed by atoms with van der Waals surface area (Å²) in [6.45, 7) is 0. The highest BCUT2D eigenvalue weighted by Crippen LogP contribution is 2.11. The summed E-state index contributed by atoms with van der Waals surface area (Å²) in [5.41, 5.74) is 0.845. The van der Waals surface area contributed by atoms with Crippen LogP contribution in [0, 0.1) is 5.82 Å². The summed E-state index contributed by atoms with van der Waals surface area (Å²) < 4.78 is 14.5. The van der Waals surface area contributed by atoms with Crippen LogP contribution in [0.1, 0.15) is 16.8 Å². The number of aromatic nitrogens is 3. The third-order valence-electron chi connectivity index (χ3n) is 3.90. The van der Waals surface area contributed by atoms with Gasteiger partial charge in [-0.05, 0) is 41.5 Å². The summed E-state index contributed by atoms with van der Waals surface area (Å²) >= 11 is 6.93. The second kappa shape index (κ2) is 7.02. The van der Waals surface area contributed by atoms with Crippen LogP contribution in [0.3, 0.4) is 0 Å². The van der Waals surface area contributed by atoms with Gasteiger partial charge in [-0.3, -0.25) is 9.59 Å². The summed E-state index contributed by atoms with van der Waals surface area (Å²) in [4.78, 5) is 29.1. The smallest absolute Gasteiger partial charge is 0.266 e. The van der Waals surface area contributed by atoms with Gasteiger partial charge in [0.1, 0.15) is 11.5 Å². The van der Waals surface area contributed by atoms with Crippen LogP contribution in [0.15, 0.2) is 58.1 Å². The fourth-order valence-corrected chi connectivity index (χ4v) is 3.59. The molecule has 0 aliphatic rings. The topological polar surface area (TPSA) is 64.3 Å². The van der Waals surface area contributed by atoms with Crippen molar-refractivity contribution in [3.63, 3.8) is 0 Å². The Labute approximate surface area is 161 Å². The van der Waals surface area contributed by atoms with Crippen LogP contribution in [-0.2, 0) is 6.42 Å². The molecule has 0 amide bonds. The zero-order chi connectivity index (χ0) is 19.0. The molecule has 0 N–H and O–H groups in total. The fourth-order valence-electron chi connectivity index (χ4n) is 2.56. The second-order valence-electron chi connectivity index (χ2n) is 5.83. The quantitative estimate of drug-likeness (QED) is 0.531. The molecule has 0 unspecified atom stereocenters. The first kappa shape index (κ1) is 17.5. The molecule has 27 heavy (non-hydrogen) atoms. The third-order valence-corrected chi connectivity index (χ3v) is 5.11. The van der Waals surface area contributed by atoms with Gasteiger partial charge < -0.3 is 0 Å². The molecule has 0 spiro atoms. The highest BCUT2D eigenvalue weighted by Gasteiger charge is 2.11. The van der Waals surface area contributed by atoms with E-state index >= 15 is 0 Å². The third kappa shape index (κ3) is 3.65. The molecule has 4 rings (SSSR count). The molecule has 5 nitrogen and oxygen atoms in total. The molecule has 0 saturated heterocycles. The summed E-state index contributed by atoms with van der Waals surface area (Å²) in [5.74, 6) is -0.355. The van der Waals surface area contributed by atoms with E-state index in [4.69, 9.17) is 11.6 Å². The van der Waals surface area contributed by atoms with Crippen LogP contribution in [0.5, 0.6) is 0 Å². The summed E-state index contributed by atoms with van der Waals surface area (Å²) in [7, 11) is 0. The second-order valence-corrected chi connectivity index (χ2v) is 7.27. The largest absolute Gasteiger partial charge is 0.296 e. The van der Waals surface area contributed by atoms with E-state index in [1.54, 1.807) is 42.5 Å². The van der Waals surface area contributed by atoms with Crippen LogP contribution in [0.25, 0.3) is 11.0 Å². The molecular weight excluding hydrogens is 389 g/mol. The summed E-state index contributed by atoms with van der Waals surface area (Å²) in [5, 5.41) is 4.79. The Bertz CT molecular complexity index is 1300. The van der Waals surface area contributed by atoms with Crippen LogP contribution in [0.2, 0.25) is 5.02 Å². The number of thiazole rings is 1. The molecule has 2 heterocycles. The molecule has 134 valence electrons. The number of rotatable bonds is 3. The monoisotopic (exact) mass is 399 g/mol. The predicted octanol–water partition coefficient (Wildman–Crippen LogP) is 2.44. The van der Waals surface area contributed by atoms with Gasteiger partial charge in [0.25, 0.3) is 11.1 Å². The van der Waals surface area contributed by atoms with Gasteiger partial charge in [-0.15, -0.1) is 0 Å². The molecule has 0 aliphatic carbocycles. The molecule has 0 atom stereocenters. The van der Waals surface area contributed by atoms with Gasteiger partial charge in [0.2, 0.25) is 4.96 Å². The lowest BCUT2D eigenvalue weighted by atomic mass is 10.1. The van der Waals surface area contributed by atoms with E-state index in [1.807, 2.05) is 0 Å². The Hall–Kier alpha value is -2.90. The lowest BCUT2D eigenvalue weighted by Gasteiger charge is -2.00. The first-order valence-electron chi connectivity index (χ1n) is 7.94. The minimum atomic E-state index is -0.473. The summed E-state index contributed by atoms with van der Waals surface area (Å²) in [6, 6.07) is 12.8. The van der Waals surface area contributed by atoms with Gasteiger partial charge in [-0.1, -0.05) is 47.2 Å². The highest BCUT2D eigenvalue weighted by molar-refractivity contribution is 7.15. The molecule has 0 bridgehead atoms. The zero-order valence-corrected chi connectivity index (χ0v) is 15.3. The van der Waals surface area contributed by atoms with Gasteiger partial charge in [0.15, 0.2) is 0 Å². The van der Waals surface area contributed by atoms with Gasteiger partial charge in [0.05, 0.1) is 4.53 Å². The Morgan fingerprint density at radius 1 is 1.07 bits per heavy atom. The number of fused-ring (bicyclic) bond motifs is 1. The lowest BCUT2D eigenvalue weighted by Crippen LogP contribution is -2.28. The van der Waals surface area contributed by atoms with E-state index in [9.17, 15) is 14.0 Å². The lowest BCUT2D eigenvalue weighted by molar-refractivity contribution is 0.628. The molecule has 2 aromatic carbocycles. The molecule has 0 aliphatic heterocycles. The van der Waals surface area contributed by atoms with Crippen molar-refractivity contribution in [2.75, 3.05) is 0 Å². The van der Waals surface area contributed by atoms with Crippen molar-refractivity contribution in [2.24, 2.45) is 0 Å². The maximum absolute atomic E-state index is 13.0. The summed E-state index contributed by atoms with van der Waals surface area (Å²) in [6.07, 6.45) is 1.87. The van der Waals surface area contributed by atoms with Gasteiger partial charge in [0, 0.05) is 11.4 Å². The van der Waals surface area contributed by atoms with Crippen LogP contribution in [-0.4, -0.2) is 14.6 Å². The van der Waals surface area contributed by atoms with Crippen molar-refractivity contribution in [1.82, 2.24) is 14.6 Å². The molecular formula is C19H11ClFN3O2S. The average molecular weight is 400 g/mol. The first-order chi connectivity index (χ1) is 13.0. The van der Waals surface area contributed by atoms with E-state index in [2.05, 4.69) is 10.1 Å². The molecule has 0 radical (unpaired) electrons. The Morgan fingerprint density at radius 2 is 1.78 bits per heavy atom. The average Bonchev–Trinajstić information content (AvgIpc) is 2.94. The van der Waals surface area contributed by atoms with E-state index in [-0.39, 0.29) is 28.5 Å².